The summed E-state index contributed by atoms with van der Waals surface area (Å²) in [5.74, 6) is 0. The Bertz CT molecular complexity index is 1210. The maximum atomic E-state index is 10.6. The van der Waals surface area contributed by atoms with Gasteiger partial charge in [0, 0.05) is 37.5 Å². The number of aliphatic hydroxyl groups is 1. The number of benzene rings is 2. The topological polar surface area (TPSA) is 120 Å². The molecule has 0 bridgehead atoms. The molecule has 1 aliphatic heterocycles. The molecule has 0 fully saturated rings. The molecule has 0 radical (unpaired) electrons. The van der Waals surface area contributed by atoms with Crippen molar-refractivity contribution in [2.24, 2.45) is 0 Å². The monoisotopic (exact) mass is 510 g/mol. The van der Waals surface area contributed by atoms with Crippen LogP contribution in [0.25, 0.3) is 20.8 Å². The molecule has 1 atom stereocenters. The standard InChI is InChI=1S/C23H33N4OS.H2O4S/c1-6-26(7-2)15-19(28)16-27(8-3)18-10-12-21-23(14-18)29-22-13-17(25(4)5)9-11-20(22)24-21;1-5(2,3)4/h9-14,19,28H,6-8,15-16H2,1-5H3;(H2,1,2,3,4)/q+1;/p-1. The van der Waals surface area contributed by atoms with Crippen LogP contribution >= 0.6 is 11.3 Å². The number of likely N-dealkylation sites (N-methyl/N-ethyl adjacent to an activating group) is 2. The third-order valence-corrected chi connectivity index (χ3v) is 6.50. The van der Waals surface area contributed by atoms with E-state index in [-0.39, 0.29) is 6.10 Å². The summed E-state index contributed by atoms with van der Waals surface area (Å²) in [6.45, 7) is 10.5. The van der Waals surface area contributed by atoms with Gasteiger partial charge in [-0.25, -0.2) is 18.0 Å². The molecule has 1 aliphatic carbocycles. The highest BCUT2D eigenvalue weighted by Gasteiger charge is 2.15. The van der Waals surface area contributed by atoms with E-state index in [0.29, 0.717) is 13.1 Å². The van der Waals surface area contributed by atoms with Crippen LogP contribution in [-0.2, 0) is 10.4 Å². The summed E-state index contributed by atoms with van der Waals surface area (Å²) in [6.07, 6.45) is -0.369. The molecule has 34 heavy (non-hydrogen) atoms. The number of hydrogen-bond donors (Lipinski definition) is 2. The molecule has 2 aliphatic rings. The molecule has 1 unspecified atom stereocenters. The smallest absolute Gasteiger partial charge is 0.215 e. The van der Waals surface area contributed by atoms with Gasteiger partial charge in [-0.05, 0) is 44.3 Å². The number of fused-ring (bicyclic) bond motifs is 2. The second-order valence-electron chi connectivity index (χ2n) is 8.02. The highest BCUT2D eigenvalue weighted by Crippen LogP contribution is 2.32. The molecule has 1 aromatic rings. The highest BCUT2D eigenvalue weighted by atomic mass is 32.3. The van der Waals surface area contributed by atoms with Crippen molar-refractivity contribution in [3.8, 4) is 10.6 Å². The van der Waals surface area contributed by atoms with Crippen molar-refractivity contribution in [1.82, 2.24) is 14.5 Å². The predicted octanol–water partition coefficient (Wildman–Crippen LogP) is 1.97. The average molecular weight is 511 g/mol. The van der Waals surface area contributed by atoms with Crippen molar-refractivity contribution in [1.29, 1.82) is 0 Å². The van der Waals surface area contributed by atoms with Crippen molar-refractivity contribution < 1.29 is 22.6 Å². The van der Waals surface area contributed by atoms with Crippen LogP contribution in [0.15, 0.2) is 36.4 Å². The van der Waals surface area contributed by atoms with Crippen LogP contribution in [-0.4, -0.2) is 85.4 Å². The van der Waals surface area contributed by atoms with E-state index in [1.807, 2.05) is 0 Å². The van der Waals surface area contributed by atoms with Crippen LogP contribution in [0.4, 0.5) is 5.69 Å². The van der Waals surface area contributed by atoms with E-state index in [1.165, 1.54) is 14.9 Å². The quantitative estimate of drug-likeness (QED) is 0.204. The van der Waals surface area contributed by atoms with Crippen molar-refractivity contribution in [3.63, 3.8) is 0 Å². The molecule has 0 saturated carbocycles. The first-order valence-electron chi connectivity index (χ1n) is 11.1. The minimum atomic E-state index is -4.92. The van der Waals surface area contributed by atoms with E-state index in [0.717, 1.165) is 36.5 Å². The zero-order valence-corrected chi connectivity index (χ0v) is 21.9. The number of aromatic nitrogens is 1. The summed E-state index contributed by atoms with van der Waals surface area (Å²) < 4.78 is 36.1. The van der Waals surface area contributed by atoms with Crippen LogP contribution in [0.1, 0.15) is 20.8 Å². The van der Waals surface area contributed by atoms with E-state index >= 15 is 0 Å². The minimum absolute atomic E-state index is 0.369. The Kier molecular flexibility index (Phi) is 10.3. The first kappa shape index (κ1) is 28.1. The molecule has 9 nitrogen and oxygen atoms in total. The molecule has 0 aromatic heterocycles. The number of nitrogens with zero attached hydrogens (tertiary/aromatic N) is 4. The first-order chi connectivity index (χ1) is 15.9. The van der Waals surface area contributed by atoms with Crippen LogP contribution in [0.2, 0.25) is 0 Å². The molecule has 1 heterocycles. The second kappa shape index (κ2) is 12.5. The van der Waals surface area contributed by atoms with Gasteiger partial charge < -0.3 is 19.5 Å². The van der Waals surface area contributed by atoms with E-state index in [9.17, 15) is 5.11 Å². The molecule has 11 heteroatoms. The Labute approximate surface area is 205 Å². The third kappa shape index (κ3) is 8.57. The van der Waals surface area contributed by atoms with Gasteiger partial charge in [-0.15, -0.1) is 11.3 Å². The van der Waals surface area contributed by atoms with Gasteiger partial charge >= 0.3 is 0 Å². The minimum Gasteiger partial charge on any atom is -0.726 e. The SMILES string of the molecule is CCN(CC)CC(O)CN(CC)c1ccc2nc3ccc(=[N+](C)C)cc-3sc2c1.O=S(=O)([O-])O. The Morgan fingerprint density at radius 1 is 1.06 bits per heavy atom. The lowest BCUT2D eigenvalue weighted by Crippen LogP contribution is -2.40. The highest BCUT2D eigenvalue weighted by molar-refractivity contribution is 7.79. The Hall–Kier alpha value is -2.15. The van der Waals surface area contributed by atoms with Gasteiger partial charge in [0.05, 0.1) is 26.9 Å². The molecule has 3 rings (SSSR count). The van der Waals surface area contributed by atoms with Gasteiger partial charge in [-0.1, -0.05) is 13.8 Å². The summed E-state index contributed by atoms with van der Waals surface area (Å²) in [7, 11) is -0.803. The Morgan fingerprint density at radius 3 is 2.26 bits per heavy atom. The summed E-state index contributed by atoms with van der Waals surface area (Å²) >= 11 is 1.78. The fourth-order valence-corrected chi connectivity index (χ4v) is 4.62. The maximum absolute atomic E-state index is 10.6. The van der Waals surface area contributed by atoms with Gasteiger partial charge in [-0.2, -0.15) is 0 Å². The lowest BCUT2D eigenvalue weighted by molar-refractivity contribution is 0.123. The largest absolute Gasteiger partial charge is 0.726 e. The molecule has 2 N–H and O–H groups in total. The Morgan fingerprint density at radius 2 is 1.71 bits per heavy atom. The zero-order valence-electron chi connectivity index (χ0n) is 20.3. The summed E-state index contributed by atoms with van der Waals surface area (Å²) in [4.78, 5) is 10.5. The molecular weight excluding hydrogens is 476 g/mol. The number of anilines is 1. The van der Waals surface area contributed by atoms with Gasteiger partial charge in [0.1, 0.15) is 14.1 Å². The third-order valence-electron chi connectivity index (χ3n) is 5.41. The molecular formula is C23H34N4O5S2. The molecule has 0 amide bonds. The van der Waals surface area contributed by atoms with Gasteiger partial charge in [0.2, 0.25) is 15.8 Å². The summed E-state index contributed by atoms with van der Waals surface area (Å²) in [5.41, 5.74) is 3.19. The van der Waals surface area contributed by atoms with Gasteiger partial charge in [0.25, 0.3) is 0 Å². The molecule has 188 valence electrons. The molecule has 0 spiro atoms. The maximum Gasteiger partial charge on any atom is 0.215 e. The zero-order chi connectivity index (χ0) is 25.5. The fraction of sp³-hybridized carbons (Fsp3) is 0.478. The van der Waals surface area contributed by atoms with Crippen molar-refractivity contribution in [2.75, 3.05) is 51.7 Å². The van der Waals surface area contributed by atoms with E-state index in [2.05, 4.69) is 85.6 Å². The average Bonchev–Trinajstić information content (AvgIpc) is 2.77. The first-order valence-corrected chi connectivity index (χ1v) is 13.3. The van der Waals surface area contributed by atoms with Gasteiger partial charge in [-0.3, -0.25) is 4.55 Å². The fourth-order valence-electron chi connectivity index (χ4n) is 3.59. The normalized spacial score (nSPS) is 12.5. The van der Waals surface area contributed by atoms with Crippen molar-refractivity contribution >= 4 is 37.6 Å². The summed E-state index contributed by atoms with van der Waals surface area (Å²) in [5, 5.41) is 11.8. The second-order valence-corrected chi connectivity index (χ2v) is 9.96. The van der Waals surface area contributed by atoms with Crippen LogP contribution in [0.5, 0.6) is 0 Å². The number of aliphatic hydroxyl groups excluding tert-OH is 1. The van der Waals surface area contributed by atoms with Crippen molar-refractivity contribution in [3.05, 3.63) is 41.8 Å². The van der Waals surface area contributed by atoms with Crippen LogP contribution in [0, 0.1) is 0 Å². The lowest BCUT2D eigenvalue weighted by Gasteiger charge is -2.29. The van der Waals surface area contributed by atoms with E-state index in [1.54, 1.807) is 11.3 Å². The van der Waals surface area contributed by atoms with Crippen LogP contribution < -0.4 is 14.8 Å². The number of hydrogen-bond acceptors (Lipinski definition) is 8. The van der Waals surface area contributed by atoms with E-state index < -0.39 is 10.4 Å². The van der Waals surface area contributed by atoms with Crippen LogP contribution in [0.3, 0.4) is 0 Å². The summed E-state index contributed by atoms with van der Waals surface area (Å²) in [6, 6.07) is 12.8. The van der Waals surface area contributed by atoms with Gasteiger partial charge in [0.15, 0.2) is 0 Å². The lowest BCUT2D eigenvalue weighted by atomic mass is 10.2. The Balaban J connectivity index is 0.000000739. The molecule has 1 aromatic carbocycles. The number of rotatable bonds is 8. The van der Waals surface area contributed by atoms with E-state index in [4.69, 9.17) is 22.5 Å². The molecule has 0 saturated heterocycles. The predicted molar refractivity (Wildman–Crippen MR) is 137 cm³/mol. The van der Waals surface area contributed by atoms with Crippen molar-refractivity contribution in [2.45, 2.75) is 26.9 Å².